The number of carbonyl (C=O) groups excluding carboxylic acids is 3. The van der Waals surface area contributed by atoms with E-state index < -0.39 is 0 Å². The van der Waals surface area contributed by atoms with Crippen molar-refractivity contribution in [1.82, 2.24) is 5.32 Å². The topological polar surface area (TPSA) is 87.7 Å². The van der Waals surface area contributed by atoms with Crippen molar-refractivity contribution in [2.45, 2.75) is 26.3 Å². The predicted molar refractivity (Wildman–Crippen MR) is 106 cm³/mol. The minimum atomic E-state index is -0.242. The zero-order valence-electron chi connectivity index (χ0n) is 15.7. The van der Waals surface area contributed by atoms with Crippen LogP contribution in [-0.4, -0.2) is 30.9 Å². The molecule has 0 spiro atoms. The third-order valence-electron chi connectivity index (χ3n) is 4.34. The Morgan fingerprint density at radius 3 is 2.61 bits per heavy atom. The Balaban J connectivity index is 1.46. The van der Waals surface area contributed by atoms with Gasteiger partial charge in [-0.05, 0) is 36.2 Å². The second-order valence-electron chi connectivity index (χ2n) is 6.59. The number of hydrogen-bond acceptors (Lipinski definition) is 4. The van der Waals surface area contributed by atoms with E-state index in [0.717, 1.165) is 17.7 Å². The zero-order chi connectivity index (χ0) is 19.9. The van der Waals surface area contributed by atoms with Crippen LogP contribution in [0.3, 0.4) is 0 Å². The van der Waals surface area contributed by atoms with Gasteiger partial charge in [-0.2, -0.15) is 0 Å². The second-order valence-corrected chi connectivity index (χ2v) is 6.59. The Hall–Kier alpha value is -3.35. The zero-order valence-corrected chi connectivity index (χ0v) is 15.7. The number of hydrogen-bond donors (Lipinski definition) is 2. The summed E-state index contributed by atoms with van der Waals surface area (Å²) >= 11 is 0. The molecule has 28 heavy (non-hydrogen) atoms. The summed E-state index contributed by atoms with van der Waals surface area (Å²) in [5.41, 5.74) is 2.42. The van der Waals surface area contributed by atoms with Crippen molar-refractivity contribution in [3.63, 3.8) is 0 Å². The number of ether oxygens (including phenoxy) is 1. The van der Waals surface area contributed by atoms with E-state index in [1.807, 2.05) is 24.3 Å². The van der Waals surface area contributed by atoms with Crippen LogP contribution in [0.25, 0.3) is 0 Å². The Morgan fingerprint density at radius 2 is 1.93 bits per heavy atom. The van der Waals surface area contributed by atoms with Crippen LogP contribution in [0.2, 0.25) is 0 Å². The summed E-state index contributed by atoms with van der Waals surface area (Å²) in [6, 6.07) is 14.4. The van der Waals surface area contributed by atoms with E-state index in [2.05, 4.69) is 10.6 Å². The maximum atomic E-state index is 12.0. The summed E-state index contributed by atoms with van der Waals surface area (Å²) in [6.07, 6.45) is 1.43. The summed E-state index contributed by atoms with van der Waals surface area (Å²) in [6.45, 7) is 2.42. The van der Waals surface area contributed by atoms with E-state index in [9.17, 15) is 14.4 Å². The lowest BCUT2D eigenvalue weighted by molar-refractivity contribution is -0.123. The molecule has 0 bridgehead atoms. The molecule has 1 aliphatic heterocycles. The van der Waals surface area contributed by atoms with Gasteiger partial charge >= 0.3 is 0 Å². The first kappa shape index (κ1) is 19.4. The van der Waals surface area contributed by atoms with E-state index in [4.69, 9.17) is 4.74 Å². The molecule has 1 fully saturated rings. The Kier molecular flexibility index (Phi) is 6.26. The number of rotatable bonds is 7. The van der Waals surface area contributed by atoms with E-state index in [0.29, 0.717) is 30.9 Å². The number of nitrogens with one attached hydrogen (secondary N) is 2. The van der Waals surface area contributed by atoms with Crippen molar-refractivity contribution < 1.29 is 19.1 Å². The van der Waals surface area contributed by atoms with Crippen molar-refractivity contribution in [3.05, 3.63) is 54.1 Å². The quantitative estimate of drug-likeness (QED) is 0.771. The smallest absolute Gasteiger partial charge is 0.258 e. The van der Waals surface area contributed by atoms with Gasteiger partial charge in [0.05, 0.1) is 0 Å². The van der Waals surface area contributed by atoms with Gasteiger partial charge in [0.2, 0.25) is 11.8 Å². The average molecular weight is 381 g/mol. The number of nitrogens with zero attached hydrogens (tertiary/aromatic N) is 1. The molecular weight excluding hydrogens is 358 g/mol. The predicted octanol–water partition coefficient (Wildman–Crippen LogP) is 2.47. The monoisotopic (exact) mass is 381 g/mol. The molecule has 0 aliphatic carbocycles. The van der Waals surface area contributed by atoms with Crippen molar-refractivity contribution in [2.75, 3.05) is 23.4 Å². The molecule has 0 aromatic heterocycles. The molecule has 7 heteroatoms. The largest absolute Gasteiger partial charge is 0.484 e. The summed E-state index contributed by atoms with van der Waals surface area (Å²) < 4.78 is 5.56. The van der Waals surface area contributed by atoms with Crippen molar-refractivity contribution >= 4 is 29.1 Å². The molecular formula is C21H23N3O4. The third-order valence-corrected chi connectivity index (χ3v) is 4.34. The molecule has 146 valence electrons. The Bertz CT molecular complexity index is 864. The molecule has 2 aromatic rings. The molecule has 0 saturated carbocycles. The van der Waals surface area contributed by atoms with Crippen LogP contribution in [0.5, 0.6) is 5.75 Å². The summed E-state index contributed by atoms with van der Waals surface area (Å²) in [5, 5.41) is 5.48. The lowest BCUT2D eigenvalue weighted by atomic mass is 10.2. The van der Waals surface area contributed by atoms with Crippen LogP contribution in [0, 0.1) is 0 Å². The molecule has 7 nitrogen and oxygen atoms in total. The van der Waals surface area contributed by atoms with Crippen LogP contribution >= 0.6 is 0 Å². The average Bonchev–Trinajstić information content (AvgIpc) is 3.11. The fourth-order valence-electron chi connectivity index (χ4n) is 2.97. The summed E-state index contributed by atoms with van der Waals surface area (Å²) in [7, 11) is 0. The van der Waals surface area contributed by atoms with E-state index >= 15 is 0 Å². The molecule has 1 aliphatic rings. The highest BCUT2D eigenvalue weighted by atomic mass is 16.5. The lowest BCUT2D eigenvalue weighted by Crippen LogP contribution is -2.28. The van der Waals surface area contributed by atoms with E-state index in [-0.39, 0.29) is 24.3 Å². The van der Waals surface area contributed by atoms with Gasteiger partial charge in [0.1, 0.15) is 5.75 Å². The van der Waals surface area contributed by atoms with Crippen molar-refractivity contribution in [2.24, 2.45) is 0 Å². The van der Waals surface area contributed by atoms with Crippen molar-refractivity contribution in [3.8, 4) is 5.75 Å². The highest BCUT2D eigenvalue weighted by molar-refractivity contribution is 5.95. The van der Waals surface area contributed by atoms with Crippen LogP contribution in [0.15, 0.2) is 48.5 Å². The lowest BCUT2D eigenvalue weighted by Gasteiger charge is -2.16. The van der Waals surface area contributed by atoms with Crippen LogP contribution in [0.4, 0.5) is 11.4 Å². The number of anilines is 2. The normalized spacial score (nSPS) is 13.3. The SMILES string of the molecule is CC(=O)Nc1ccc(CNC(=O)COc2cccc(N3CCCC3=O)c2)cc1. The molecule has 3 amide bonds. The highest BCUT2D eigenvalue weighted by Crippen LogP contribution is 2.25. The maximum Gasteiger partial charge on any atom is 0.258 e. The molecule has 3 rings (SSSR count). The van der Waals surface area contributed by atoms with Crippen LogP contribution in [-0.2, 0) is 20.9 Å². The number of benzene rings is 2. The van der Waals surface area contributed by atoms with E-state index in [1.54, 1.807) is 29.2 Å². The van der Waals surface area contributed by atoms with Gasteiger partial charge in [-0.1, -0.05) is 18.2 Å². The molecule has 0 radical (unpaired) electrons. The molecule has 0 atom stereocenters. The van der Waals surface area contributed by atoms with Gasteiger partial charge in [-0.3, -0.25) is 14.4 Å². The summed E-state index contributed by atoms with van der Waals surface area (Å²) in [5.74, 6) is 0.288. The van der Waals surface area contributed by atoms with Gasteiger partial charge < -0.3 is 20.3 Å². The van der Waals surface area contributed by atoms with Gasteiger partial charge in [0.15, 0.2) is 6.61 Å². The first-order valence-electron chi connectivity index (χ1n) is 9.18. The molecule has 2 N–H and O–H groups in total. The molecule has 0 unspecified atom stereocenters. The fraction of sp³-hybridized carbons (Fsp3) is 0.286. The Labute approximate surface area is 163 Å². The molecule has 1 saturated heterocycles. The van der Waals surface area contributed by atoms with Crippen molar-refractivity contribution in [1.29, 1.82) is 0 Å². The Morgan fingerprint density at radius 1 is 1.14 bits per heavy atom. The fourth-order valence-corrected chi connectivity index (χ4v) is 2.97. The first-order valence-corrected chi connectivity index (χ1v) is 9.18. The molecule has 1 heterocycles. The van der Waals surface area contributed by atoms with E-state index in [1.165, 1.54) is 6.92 Å². The first-order chi connectivity index (χ1) is 13.5. The minimum absolute atomic E-state index is 0.110. The van der Waals surface area contributed by atoms with Gasteiger partial charge in [0, 0.05) is 43.9 Å². The van der Waals surface area contributed by atoms with Crippen LogP contribution in [0.1, 0.15) is 25.3 Å². The standard InChI is InChI=1S/C21H23N3O4/c1-15(25)23-17-9-7-16(8-10-17)13-22-20(26)14-28-19-5-2-4-18(12-19)24-11-3-6-21(24)27/h2,4-5,7-10,12H,3,6,11,13-14H2,1H3,(H,22,26)(H,23,25). The number of amides is 3. The second kappa shape index (κ2) is 9.03. The minimum Gasteiger partial charge on any atom is -0.484 e. The van der Waals surface area contributed by atoms with Gasteiger partial charge in [0.25, 0.3) is 5.91 Å². The maximum absolute atomic E-state index is 12.0. The molecule has 2 aromatic carbocycles. The highest BCUT2D eigenvalue weighted by Gasteiger charge is 2.21. The van der Waals surface area contributed by atoms with Crippen LogP contribution < -0.4 is 20.3 Å². The number of carbonyl (C=O) groups is 3. The third kappa shape index (κ3) is 5.33. The van der Waals surface area contributed by atoms with Gasteiger partial charge in [-0.25, -0.2) is 0 Å². The summed E-state index contributed by atoms with van der Waals surface area (Å²) in [4.78, 5) is 36.6. The van der Waals surface area contributed by atoms with Gasteiger partial charge in [-0.15, -0.1) is 0 Å².